The molecular formula is C6H13ClFNO2. The molecule has 1 unspecified atom stereocenters. The molecule has 68 valence electrons. The highest BCUT2D eigenvalue weighted by Crippen LogP contribution is 1.91. The van der Waals surface area contributed by atoms with E-state index < -0.39 is 18.7 Å². The van der Waals surface area contributed by atoms with E-state index >= 15 is 0 Å². The maximum atomic E-state index is 11.7. The molecule has 0 spiro atoms. The van der Waals surface area contributed by atoms with Crippen LogP contribution in [-0.4, -0.2) is 25.3 Å². The standard InChI is InChI=1S/C6H12FNO2.ClH/c1-2-10-6(9)3-5(8)4-7;/h5H,2-4,8H2,1H3;1H. The van der Waals surface area contributed by atoms with Gasteiger partial charge in [0.1, 0.15) is 6.67 Å². The highest BCUT2D eigenvalue weighted by molar-refractivity contribution is 5.85. The normalized spacial score (nSPS) is 11.5. The zero-order valence-corrected chi connectivity index (χ0v) is 7.20. The zero-order valence-electron chi connectivity index (χ0n) is 6.38. The van der Waals surface area contributed by atoms with Crippen LogP contribution in [0.4, 0.5) is 4.39 Å². The summed E-state index contributed by atoms with van der Waals surface area (Å²) in [6.07, 6.45) is -0.0374. The Bertz CT molecular complexity index is 113. The minimum Gasteiger partial charge on any atom is -0.466 e. The van der Waals surface area contributed by atoms with Crippen LogP contribution >= 0.6 is 12.4 Å². The second-order valence-corrected chi connectivity index (χ2v) is 1.92. The Labute approximate surface area is 71.5 Å². The van der Waals surface area contributed by atoms with E-state index in [1.54, 1.807) is 6.92 Å². The van der Waals surface area contributed by atoms with Crippen molar-refractivity contribution in [1.82, 2.24) is 0 Å². The number of alkyl halides is 1. The van der Waals surface area contributed by atoms with Gasteiger partial charge in [0, 0.05) is 6.04 Å². The SMILES string of the molecule is CCOC(=O)CC(N)CF.Cl. The minimum atomic E-state index is -0.709. The summed E-state index contributed by atoms with van der Waals surface area (Å²) in [7, 11) is 0. The third-order valence-corrected chi connectivity index (χ3v) is 0.932. The molecule has 1 atom stereocenters. The molecule has 0 rings (SSSR count). The summed E-state index contributed by atoms with van der Waals surface area (Å²) in [6, 6.07) is -0.709. The fraction of sp³-hybridized carbons (Fsp3) is 0.833. The fourth-order valence-corrected chi connectivity index (χ4v) is 0.489. The fourth-order valence-electron chi connectivity index (χ4n) is 0.489. The van der Waals surface area contributed by atoms with Gasteiger partial charge >= 0.3 is 5.97 Å². The van der Waals surface area contributed by atoms with Gasteiger partial charge in [-0.05, 0) is 6.92 Å². The first-order chi connectivity index (χ1) is 4.70. The molecule has 0 saturated heterocycles. The average molecular weight is 186 g/mol. The molecule has 11 heavy (non-hydrogen) atoms. The van der Waals surface area contributed by atoms with Crippen LogP contribution in [0.2, 0.25) is 0 Å². The summed E-state index contributed by atoms with van der Waals surface area (Å²) in [5.74, 6) is -0.437. The Morgan fingerprint density at radius 3 is 2.64 bits per heavy atom. The third-order valence-electron chi connectivity index (χ3n) is 0.932. The van der Waals surface area contributed by atoms with E-state index in [-0.39, 0.29) is 18.8 Å². The quantitative estimate of drug-likeness (QED) is 0.655. The molecule has 0 aliphatic heterocycles. The molecule has 0 saturated carbocycles. The van der Waals surface area contributed by atoms with Crippen LogP contribution in [-0.2, 0) is 9.53 Å². The number of carbonyl (C=O) groups excluding carboxylic acids is 1. The van der Waals surface area contributed by atoms with Crippen molar-refractivity contribution in [3.8, 4) is 0 Å². The first kappa shape index (κ1) is 13.3. The van der Waals surface area contributed by atoms with Crippen LogP contribution in [0, 0.1) is 0 Å². The average Bonchev–Trinajstić information content (AvgIpc) is 1.88. The Morgan fingerprint density at radius 1 is 1.73 bits per heavy atom. The van der Waals surface area contributed by atoms with E-state index in [4.69, 9.17) is 5.73 Å². The molecule has 0 heterocycles. The number of rotatable bonds is 4. The lowest BCUT2D eigenvalue weighted by Crippen LogP contribution is -2.26. The Kier molecular flexibility index (Phi) is 9.34. The molecule has 2 N–H and O–H groups in total. The summed E-state index contributed by atoms with van der Waals surface area (Å²) in [5, 5.41) is 0. The van der Waals surface area contributed by atoms with Crippen LogP contribution < -0.4 is 5.73 Å². The van der Waals surface area contributed by atoms with E-state index in [9.17, 15) is 9.18 Å². The van der Waals surface area contributed by atoms with E-state index in [0.717, 1.165) is 0 Å². The summed E-state index contributed by atoms with van der Waals surface area (Å²) in [5.41, 5.74) is 5.13. The van der Waals surface area contributed by atoms with Gasteiger partial charge in [-0.15, -0.1) is 12.4 Å². The van der Waals surface area contributed by atoms with E-state index in [0.29, 0.717) is 6.61 Å². The predicted molar refractivity (Wildman–Crippen MR) is 42.4 cm³/mol. The van der Waals surface area contributed by atoms with Crippen LogP contribution in [0.25, 0.3) is 0 Å². The van der Waals surface area contributed by atoms with E-state index in [1.807, 2.05) is 0 Å². The second kappa shape index (κ2) is 7.75. The Morgan fingerprint density at radius 2 is 2.27 bits per heavy atom. The summed E-state index contributed by atoms with van der Waals surface area (Å²) < 4.78 is 16.2. The molecule has 0 bridgehead atoms. The number of hydrogen-bond acceptors (Lipinski definition) is 3. The van der Waals surface area contributed by atoms with Gasteiger partial charge in [-0.2, -0.15) is 0 Å². The first-order valence-electron chi connectivity index (χ1n) is 3.17. The predicted octanol–water partition coefficient (Wildman–Crippen LogP) is 0.658. The van der Waals surface area contributed by atoms with Gasteiger partial charge < -0.3 is 10.5 Å². The zero-order chi connectivity index (χ0) is 7.98. The van der Waals surface area contributed by atoms with Crippen molar-refractivity contribution in [3.63, 3.8) is 0 Å². The van der Waals surface area contributed by atoms with E-state index in [1.165, 1.54) is 0 Å². The highest BCUT2D eigenvalue weighted by Gasteiger charge is 2.08. The lowest BCUT2D eigenvalue weighted by Gasteiger charge is -2.04. The molecule has 3 nitrogen and oxygen atoms in total. The second-order valence-electron chi connectivity index (χ2n) is 1.92. The molecule has 0 aromatic rings. The lowest BCUT2D eigenvalue weighted by molar-refractivity contribution is -0.143. The summed E-state index contributed by atoms with van der Waals surface area (Å²) in [6.45, 7) is 1.33. The maximum absolute atomic E-state index is 11.7. The van der Waals surface area contributed by atoms with E-state index in [2.05, 4.69) is 4.74 Å². The smallest absolute Gasteiger partial charge is 0.307 e. The largest absolute Gasteiger partial charge is 0.466 e. The van der Waals surface area contributed by atoms with Gasteiger partial charge in [-0.25, -0.2) is 4.39 Å². The minimum absolute atomic E-state index is 0. The van der Waals surface area contributed by atoms with Crippen molar-refractivity contribution in [3.05, 3.63) is 0 Å². The summed E-state index contributed by atoms with van der Waals surface area (Å²) >= 11 is 0. The molecular weight excluding hydrogens is 173 g/mol. The third kappa shape index (κ3) is 7.55. The van der Waals surface area contributed by atoms with Gasteiger partial charge in [-0.1, -0.05) is 0 Å². The molecule has 0 aliphatic carbocycles. The maximum Gasteiger partial charge on any atom is 0.307 e. The molecule has 0 amide bonds. The molecule has 0 aromatic carbocycles. The first-order valence-corrected chi connectivity index (χ1v) is 3.17. The number of hydrogen-bond donors (Lipinski definition) is 1. The van der Waals surface area contributed by atoms with Crippen molar-refractivity contribution in [1.29, 1.82) is 0 Å². The van der Waals surface area contributed by atoms with Crippen LogP contribution in [0.3, 0.4) is 0 Å². The van der Waals surface area contributed by atoms with Crippen molar-refractivity contribution < 1.29 is 13.9 Å². The summed E-state index contributed by atoms with van der Waals surface area (Å²) in [4.78, 5) is 10.5. The van der Waals surface area contributed by atoms with Crippen LogP contribution in [0.5, 0.6) is 0 Å². The van der Waals surface area contributed by atoms with Crippen molar-refractivity contribution in [2.75, 3.05) is 13.3 Å². The number of nitrogens with two attached hydrogens (primary N) is 1. The highest BCUT2D eigenvalue weighted by atomic mass is 35.5. The topological polar surface area (TPSA) is 52.3 Å². The molecule has 0 radical (unpaired) electrons. The van der Waals surface area contributed by atoms with Crippen molar-refractivity contribution in [2.24, 2.45) is 5.73 Å². The number of halogens is 2. The number of esters is 1. The van der Waals surface area contributed by atoms with Crippen molar-refractivity contribution in [2.45, 2.75) is 19.4 Å². The van der Waals surface area contributed by atoms with Gasteiger partial charge in [0.05, 0.1) is 13.0 Å². The number of carbonyl (C=O) groups is 1. The van der Waals surface area contributed by atoms with Gasteiger partial charge in [0.15, 0.2) is 0 Å². The van der Waals surface area contributed by atoms with Crippen LogP contribution in [0.1, 0.15) is 13.3 Å². The van der Waals surface area contributed by atoms with Crippen molar-refractivity contribution >= 4 is 18.4 Å². The van der Waals surface area contributed by atoms with Gasteiger partial charge in [0.2, 0.25) is 0 Å². The lowest BCUT2D eigenvalue weighted by atomic mass is 10.2. The number of ether oxygens (including phenoxy) is 1. The monoisotopic (exact) mass is 185 g/mol. The molecule has 5 heteroatoms. The van der Waals surface area contributed by atoms with Gasteiger partial charge in [0.25, 0.3) is 0 Å². The molecule has 0 aliphatic rings. The Hall–Kier alpha value is -0.350. The molecule has 0 aromatic heterocycles. The molecule has 0 fully saturated rings. The van der Waals surface area contributed by atoms with Crippen LogP contribution in [0.15, 0.2) is 0 Å². The Balaban J connectivity index is 0. The van der Waals surface area contributed by atoms with Gasteiger partial charge in [-0.3, -0.25) is 4.79 Å².